The lowest BCUT2D eigenvalue weighted by molar-refractivity contribution is 0.0696. The summed E-state index contributed by atoms with van der Waals surface area (Å²) in [6.07, 6.45) is 0. The molecule has 5 nitrogen and oxygen atoms in total. The Morgan fingerprint density at radius 2 is 2.09 bits per heavy atom. The van der Waals surface area contributed by atoms with Gasteiger partial charge in [-0.2, -0.15) is 0 Å². The van der Waals surface area contributed by atoms with Crippen molar-refractivity contribution >= 4 is 28.8 Å². The molecule has 0 fully saturated rings. The van der Waals surface area contributed by atoms with Crippen molar-refractivity contribution in [3.8, 4) is 5.75 Å². The van der Waals surface area contributed by atoms with Gasteiger partial charge in [-0.05, 0) is 30.3 Å². The van der Waals surface area contributed by atoms with E-state index in [1.807, 2.05) is 24.3 Å². The number of aromatic carboxylic acids is 1. The van der Waals surface area contributed by atoms with Gasteiger partial charge in [0.15, 0.2) is 5.16 Å². The summed E-state index contributed by atoms with van der Waals surface area (Å²) < 4.78 is 5.57. The zero-order chi connectivity index (χ0) is 15.4. The maximum Gasteiger partial charge on any atom is 0.335 e. The molecular weight excluding hydrogens is 300 g/mol. The van der Waals surface area contributed by atoms with Crippen LogP contribution in [0.1, 0.15) is 10.4 Å². The Balaban J connectivity index is 1.53. The molecular formula is C16H14N2O3S. The van der Waals surface area contributed by atoms with Crippen LogP contribution in [0, 0.1) is 0 Å². The molecule has 0 aliphatic heterocycles. The predicted octanol–water partition coefficient (Wildman–Crippen LogP) is 3.43. The predicted molar refractivity (Wildman–Crippen MR) is 85.7 cm³/mol. The molecule has 112 valence electrons. The highest BCUT2D eigenvalue weighted by Crippen LogP contribution is 2.19. The van der Waals surface area contributed by atoms with Crippen LogP contribution in [0.2, 0.25) is 0 Å². The average molecular weight is 314 g/mol. The zero-order valence-electron chi connectivity index (χ0n) is 11.7. The lowest BCUT2D eigenvalue weighted by Crippen LogP contribution is -2.02. The Morgan fingerprint density at radius 3 is 2.91 bits per heavy atom. The van der Waals surface area contributed by atoms with Gasteiger partial charge in [-0.1, -0.05) is 30.0 Å². The topological polar surface area (TPSA) is 75.2 Å². The highest BCUT2D eigenvalue weighted by Gasteiger charge is 2.05. The van der Waals surface area contributed by atoms with Gasteiger partial charge >= 0.3 is 5.97 Å². The fourth-order valence-corrected chi connectivity index (χ4v) is 2.72. The molecule has 1 heterocycles. The molecule has 0 radical (unpaired) electrons. The molecule has 6 heteroatoms. The second-order valence-corrected chi connectivity index (χ2v) is 5.67. The number of hydrogen-bond donors (Lipinski definition) is 2. The van der Waals surface area contributed by atoms with Gasteiger partial charge in [-0.15, -0.1) is 0 Å². The molecule has 0 aliphatic rings. The van der Waals surface area contributed by atoms with Crippen LogP contribution in [0.5, 0.6) is 5.75 Å². The van der Waals surface area contributed by atoms with Gasteiger partial charge in [0.1, 0.15) is 5.75 Å². The van der Waals surface area contributed by atoms with Crippen molar-refractivity contribution in [1.29, 1.82) is 0 Å². The van der Waals surface area contributed by atoms with E-state index in [0.717, 1.165) is 21.9 Å². The molecule has 0 spiro atoms. The van der Waals surface area contributed by atoms with E-state index in [-0.39, 0.29) is 5.56 Å². The van der Waals surface area contributed by atoms with Crippen LogP contribution in [0.3, 0.4) is 0 Å². The molecule has 0 saturated heterocycles. The Morgan fingerprint density at radius 1 is 1.23 bits per heavy atom. The zero-order valence-corrected chi connectivity index (χ0v) is 12.5. The molecule has 0 saturated carbocycles. The van der Waals surface area contributed by atoms with Crippen LogP contribution in [-0.4, -0.2) is 33.4 Å². The number of nitrogens with one attached hydrogen (secondary N) is 1. The van der Waals surface area contributed by atoms with Crippen molar-refractivity contribution in [3.05, 3.63) is 54.1 Å². The van der Waals surface area contributed by atoms with Crippen LogP contribution >= 0.6 is 11.8 Å². The highest BCUT2D eigenvalue weighted by atomic mass is 32.2. The smallest absolute Gasteiger partial charge is 0.335 e. The molecule has 0 amide bonds. The Hall–Kier alpha value is -2.47. The van der Waals surface area contributed by atoms with E-state index < -0.39 is 5.97 Å². The molecule has 0 unspecified atom stereocenters. The first-order valence-corrected chi connectivity index (χ1v) is 7.74. The first-order valence-electron chi connectivity index (χ1n) is 6.76. The normalized spacial score (nSPS) is 10.7. The number of hydrogen-bond acceptors (Lipinski definition) is 4. The van der Waals surface area contributed by atoms with Gasteiger partial charge in [-0.3, -0.25) is 0 Å². The van der Waals surface area contributed by atoms with Crippen molar-refractivity contribution in [2.75, 3.05) is 12.4 Å². The van der Waals surface area contributed by atoms with E-state index in [1.165, 1.54) is 6.07 Å². The van der Waals surface area contributed by atoms with Crippen molar-refractivity contribution in [2.45, 2.75) is 5.16 Å². The highest BCUT2D eigenvalue weighted by molar-refractivity contribution is 7.99. The van der Waals surface area contributed by atoms with Gasteiger partial charge in [0.2, 0.25) is 0 Å². The van der Waals surface area contributed by atoms with Crippen LogP contribution in [0.15, 0.2) is 53.7 Å². The SMILES string of the molecule is O=C(O)c1cccc(OCCSc2nc3ccccc3[nH]2)c1. The summed E-state index contributed by atoms with van der Waals surface area (Å²) in [5, 5.41) is 9.78. The van der Waals surface area contributed by atoms with E-state index >= 15 is 0 Å². The number of para-hydroxylation sites is 2. The number of benzene rings is 2. The first kappa shape index (κ1) is 14.5. The molecule has 2 aromatic carbocycles. The first-order chi connectivity index (χ1) is 10.7. The molecule has 3 aromatic rings. The minimum Gasteiger partial charge on any atom is -0.493 e. The van der Waals surface area contributed by atoms with Crippen molar-refractivity contribution in [3.63, 3.8) is 0 Å². The molecule has 3 rings (SSSR count). The number of ether oxygens (including phenoxy) is 1. The van der Waals surface area contributed by atoms with E-state index in [9.17, 15) is 4.79 Å². The van der Waals surface area contributed by atoms with Crippen LogP contribution in [0.25, 0.3) is 11.0 Å². The summed E-state index contributed by atoms with van der Waals surface area (Å²) in [5.41, 5.74) is 2.18. The monoisotopic (exact) mass is 314 g/mol. The Labute approximate surface area is 131 Å². The van der Waals surface area contributed by atoms with E-state index in [0.29, 0.717) is 12.4 Å². The van der Waals surface area contributed by atoms with Crippen molar-refractivity contribution in [2.24, 2.45) is 0 Å². The number of carbonyl (C=O) groups is 1. The molecule has 22 heavy (non-hydrogen) atoms. The van der Waals surface area contributed by atoms with Gasteiger partial charge in [0.05, 0.1) is 23.2 Å². The minimum atomic E-state index is -0.956. The third-order valence-electron chi connectivity index (χ3n) is 3.04. The maximum absolute atomic E-state index is 10.9. The summed E-state index contributed by atoms with van der Waals surface area (Å²) in [6.45, 7) is 0.477. The van der Waals surface area contributed by atoms with Crippen LogP contribution < -0.4 is 4.74 Å². The maximum atomic E-state index is 10.9. The standard InChI is InChI=1S/C16H14N2O3S/c19-15(20)11-4-3-5-12(10-11)21-8-9-22-16-17-13-6-1-2-7-14(13)18-16/h1-7,10H,8-9H2,(H,17,18)(H,19,20). The molecule has 0 atom stereocenters. The summed E-state index contributed by atoms with van der Waals surface area (Å²) in [5.74, 6) is 0.323. The summed E-state index contributed by atoms with van der Waals surface area (Å²) in [7, 11) is 0. The van der Waals surface area contributed by atoms with Crippen LogP contribution in [-0.2, 0) is 0 Å². The number of nitrogens with zero attached hydrogens (tertiary/aromatic N) is 1. The number of H-pyrrole nitrogens is 1. The molecule has 1 aromatic heterocycles. The number of thioether (sulfide) groups is 1. The Bertz CT molecular complexity index is 768. The second kappa shape index (κ2) is 6.53. The lowest BCUT2D eigenvalue weighted by atomic mass is 10.2. The van der Waals surface area contributed by atoms with Gasteiger partial charge < -0.3 is 14.8 Å². The van der Waals surface area contributed by atoms with Gasteiger partial charge in [0.25, 0.3) is 0 Å². The number of carboxylic acid groups (broad SMARTS) is 1. The van der Waals surface area contributed by atoms with Crippen molar-refractivity contribution < 1.29 is 14.6 Å². The van der Waals surface area contributed by atoms with Gasteiger partial charge in [0, 0.05) is 5.75 Å². The quantitative estimate of drug-likeness (QED) is 0.538. The number of imidazole rings is 1. The number of fused-ring (bicyclic) bond motifs is 1. The third-order valence-corrected chi connectivity index (χ3v) is 3.88. The molecule has 2 N–H and O–H groups in total. The fraction of sp³-hybridized carbons (Fsp3) is 0.125. The summed E-state index contributed by atoms with van der Waals surface area (Å²) in [6, 6.07) is 14.4. The van der Waals surface area contributed by atoms with Gasteiger partial charge in [-0.25, -0.2) is 9.78 Å². The molecule has 0 bridgehead atoms. The second-order valence-electron chi connectivity index (χ2n) is 4.59. The van der Waals surface area contributed by atoms with Crippen LogP contribution in [0.4, 0.5) is 0 Å². The van der Waals surface area contributed by atoms with E-state index in [2.05, 4.69) is 9.97 Å². The Kier molecular flexibility index (Phi) is 4.29. The summed E-state index contributed by atoms with van der Waals surface area (Å²) >= 11 is 1.57. The van der Waals surface area contributed by atoms with E-state index in [1.54, 1.807) is 30.0 Å². The number of aromatic nitrogens is 2. The van der Waals surface area contributed by atoms with E-state index in [4.69, 9.17) is 9.84 Å². The average Bonchev–Trinajstić information content (AvgIpc) is 2.94. The minimum absolute atomic E-state index is 0.224. The number of rotatable bonds is 6. The largest absolute Gasteiger partial charge is 0.493 e. The van der Waals surface area contributed by atoms with Crippen molar-refractivity contribution in [1.82, 2.24) is 9.97 Å². The lowest BCUT2D eigenvalue weighted by Gasteiger charge is -2.05. The fourth-order valence-electron chi connectivity index (χ4n) is 2.01. The number of aromatic amines is 1. The molecule has 0 aliphatic carbocycles. The number of carboxylic acids is 1. The summed E-state index contributed by atoms with van der Waals surface area (Å²) in [4.78, 5) is 18.6. The third kappa shape index (κ3) is 3.40.